The minimum atomic E-state index is -3.61. The minimum Gasteiger partial charge on any atom is -0.494 e. The summed E-state index contributed by atoms with van der Waals surface area (Å²) in [6.07, 6.45) is 0.882. The molecule has 6 nitrogen and oxygen atoms in total. The Kier molecular flexibility index (Phi) is 7.10. The number of carbonyl (C=O) groups excluding carboxylic acids is 1. The molecule has 0 atom stereocenters. The summed E-state index contributed by atoms with van der Waals surface area (Å²) in [6.45, 7) is 3.12. The molecule has 0 aromatic heterocycles. The van der Waals surface area contributed by atoms with Crippen molar-refractivity contribution in [3.63, 3.8) is 0 Å². The quantitative estimate of drug-likeness (QED) is 0.671. The van der Waals surface area contributed by atoms with E-state index in [9.17, 15) is 17.6 Å². The molecule has 0 spiro atoms. The van der Waals surface area contributed by atoms with Gasteiger partial charge in [0.05, 0.1) is 11.5 Å². The Balaban J connectivity index is 1.59. The van der Waals surface area contributed by atoms with E-state index in [1.165, 1.54) is 15.3 Å². The van der Waals surface area contributed by atoms with Gasteiger partial charge in [0.25, 0.3) is 0 Å². The third kappa shape index (κ3) is 4.99. The van der Waals surface area contributed by atoms with Crippen molar-refractivity contribution in [3.8, 4) is 5.75 Å². The molecule has 3 rings (SSSR count). The molecule has 30 heavy (non-hydrogen) atoms. The van der Waals surface area contributed by atoms with Gasteiger partial charge in [-0.05, 0) is 50.1 Å². The Bertz CT molecular complexity index is 971. The molecule has 1 amide bonds. The summed E-state index contributed by atoms with van der Waals surface area (Å²) in [5.74, 6) is -0.0722. The number of rotatable bonds is 7. The van der Waals surface area contributed by atoms with Crippen molar-refractivity contribution in [1.82, 2.24) is 9.21 Å². The molecule has 1 fully saturated rings. The first kappa shape index (κ1) is 22.2. The second kappa shape index (κ2) is 9.57. The Hall–Kier alpha value is -2.45. The summed E-state index contributed by atoms with van der Waals surface area (Å²) in [6, 6.07) is 12.7. The van der Waals surface area contributed by atoms with E-state index in [4.69, 9.17) is 4.74 Å². The second-order valence-corrected chi connectivity index (χ2v) is 9.31. The average molecular weight is 435 g/mol. The average Bonchev–Trinajstić information content (AvgIpc) is 2.75. The molecule has 0 aliphatic carbocycles. The minimum absolute atomic E-state index is 0.0867. The van der Waals surface area contributed by atoms with Crippen LogP contribution in [0.15, 0.2) is 53.4 Å². The van der Waals surface area contributed by atoms with Crippen LogP contribution in [0.2, 0.25) is 0 Å². The van der Waals surface area contributed by atoms with Crippen molar-refractivity contribution in [1.29, 1.82) is 0 Å². The number of nitrogens with zero attached hydrogens (tertiary/aromatic N) is 2. The van der Waals surface area contributed by atoms with Crippen LogP contribution in [0.4, 0.5) is 4.39 Å². The number of hydrogen-bond acceptors (Lipinski definition) is 4. The number of carbonyl (C=O) groups is 1. The smallest absolute Gasteiger partial charge is 0.243 e. The van der Waals surface area contributed by atoms with Crippen LogP contribution in [0.3, 0.4) is 0 Å². The Labute approximate surface area is 177 Å². The molecular weight excluding hydrogens is 407 g/mol. The first-order valence-electron chi connectivity index (χ1n) is 10.0. The normalized spacial score (nSPS) is 15.7. The van der Waals surface area contributed by atoms with Gasteiger partial charge in [0.15, 0.2) is 0 Å². The van der Waals surface area contributed by atoms with E-state index in [1.54, 1.807) is 49.5 Å². The van der Waals surface area contributed by atoms with Gasteiger partial charge in [-0.2, -0.15) is 4.31 Å². The molecule has 1 heterocycles. The van der Waals surface area contributed by atoms with E-state index >= 15 is 0 Å². The van der Waals surface area contributed by atoms with E-state index in [0.717, 1.165) is 0 Å². The molecule has 2 aromatic carbocycles. The number of halogens is 1. The SMILES string of the molecule is CCOc1ccc(S(=O)(=O)N2CCC(C(=O)N(C)Cc3ccccc3F)CC2)cc1. The molecule has 0 saturated carbocycles. The topological polar surface area (TPSA) is 66.9 Å². The number of piperidine rings is 1. The summed E-state index contributed by atoms with van der Waals surface area (Å²) >= 11 is 0. The Morgan fingerprint density at radius 3 is 2.37 bits per heavy atom. The van der Waals surface area contributed by atoms with Gasteiger partial charge >= 0.3 is 0 Å². The van der Waals surface area contributed by atoms with Gasteiger partial charge in [-0.1, -0.05) is 18.2 Å². The van der Waals surface area contributed by atoms with Crippen LogP contribution in [-0.2, 0) is 21.4 Å². The molecule has 0 bridgehead atoms. The van der Waals surface area contributed by atoms with Crippen molar-refractivity contribution in [2.75, 3.05) is 26.7 Å². The van der Waals surface area contributed by atoms with Gasteiger partial charge in [0.1, 0.15) is 11.6 Å². The van der Waals surface area contributed by atoms with E-state index in [2.05, 4.69) is 0 Å². The van der Waals surface area contributed by atoms with Crippen LogP contribution in [0.5, 0.6) is 5.75 Å². The Morgan fingerprint density at radius 2 is 1.77 bits per heavy atom. The maximum Gasteiger partial charge on any atom is 0.243 e. The number of hydrogen-bond donors (Lipinski definition) is 0. The van der Waals surface area contributed by atoms with Crippen molar-refractivity contribution >= 4 is 15.9 Å². The first-order valence-corrected chi connectivity index (χ1v) is 11.5. The van der Waals surface area contributed by atoms with Crippen LogP contribution in [-0.4, -0.2) is 50.3 Å². The van der Waals surface area contributed by atoms with Gasteiger partial charge in [0, 0.05) is 38.2 Å². The lowest BCUT2D eigenvalue weighted by Gasteiger charge is -2.32. The first-order chi connectivity index (χ1) is 14.3. The highest BCUT2D eigenvalue weighted by molar-refractivity contribution is 7.89. The van der Waals surface area contributed by atoms with Crippen molar-refractivity contribution in [3.05, 3.63) is 59.9 Å². The van der Waals surface area contributed by atoms with Crippen LogP contribution in [0.1, 0.15) is 25.3 Å². The molecule has 1 saturated heterocycles. The van der Waals surface area contributed by atoms with Crippen LogP contribution in [0.25, 0.3) is 0 Å². The number of sulfonamides is 1. The summed E-state index contributed by atoms with van der Waals surface area (Å²) in [7, 11) is -1.96. The molecule has 2 aromatic rings. The maximum absolute atomic E-state index is 13.8. The standard InChI is InChI=1S/C22H27FN2O4S/c1-3-29-19-8-10-20(11-9-19)30(27,28)25-14-12-17(13-15-25)22(26)24(2)16-18-6-4-5-7-21(18)23/h4-11,17H,3,12-16H2,1-2H3. The lowest BCUT2D eigenvalue weighted by molar-refractivity contribution is -0.136. The van der Waals surface area contributed by atoms with Crippen LogP contribution in [0, 0.1) is 11.7 Å². The van der Waals surface area contributed by atoms with Crippen molar-refractivity contribution in [2.45, 2.75) is 31.2 Å². The van der Waals surface area contributed by atoms with Crippen LogP contribution >= 0.6 is 0 Å². The number of ether oxygens (including phenoxy) is 1. The van der Waals surface area contributed by atoms with Gasteiger partial charge in [-0.15, -0.1) is 0 Å². The third-order valence-corrected chi connectivity index (χ3v) is 7.23. The lowest BCUT2D eigenvalue weighted by Crippen LogP contribution is -2.43. The zero-order chi connectivity index (χ0) is 21.7. The van der Waals surface area contributed by atoms with E-state index in [1.807, 2.05) is 6.92 Å². The van der Waals surface area contributed by atoms with Crippen LogP contribution < -0.4 is 4.74 Å². The van der Waals surface area contributed by atoms with E-state index in [-0.39, 0.29) is 42.2 Å². The molecule has 0 N–H and O–H groups in total. The maximum atomic E-state index is 13.8. The molecule has 0 unspecified atom stereocenters. The Morgan fingerprint density at radius 1 is 1.13 bits per heavy atom. The molecule has 8 heteroatoms. The lowest BCUT2D eigenvalue weighted by atomic mass is 9.96. The number of benzene rings is 2. The largest absolute Gasteiger partial charge is 0.494 e. The summed E-state index contributed by atoms with van der Waals surface area (Å²) in [5.41, 5.74) is 0.462. The summed E-state index contributed by atoms with van der Waals surface area (Å²) in [5, 5.41) is 0. The highest BCUT2D eigenvalue weighted by Crippen LogP contribution is 2.26. The van der Waals surface area contributed by atoms with Gasteiger partial charge < -0.3 is 9.64 Å². The molecular formula is C22H27FN2O4S. The molecule has 0 radical (unpaired) electrons. The zero-order valence-electron chi connectivity index (χ0n) is 17.3. The highest BCUT2D eigenvalue weighted by atomic mass is 32.2. The molecule has 162 valence electrons. The fourth-order valence-electron chi connectivity index (χ4n) is 3.64. The second-order valence-electron chi connectivity index (χ2n) is 7.37. The van der Waals surface area contributed by atoms with Gasteiger partial charge in [-0.3, -0.25) is 4.79 Å². The number of amides is 1. The monoisotopic (exact) mass is 434 g/mol. The predicted octanol–water partition coefficient (Wildman–Crippen LogP) is 3.28. The van der Waals surface area contributed by atoms with Gasteiger partial charge in [0.2, 0.25) is 15.9 Å². The fourth-order valence-corrected chi connectivity index (χ4v) is 5.11. The van der Waals surface area contributed by atoms with E-state index < -0.39 is 10.0 Å². The van der Waals surface area contributed by atoms with Crippen molar-refractivity contribution in [2.24, 2.45) is 5.92 Å². The zero-order valence-corrected chi connectivity index (χ0v) is 18.1. The highest BCUT2D eigenvalue weighted by Gasteiger charge is 2.33. The van der Waals surface area contributed by atoms with Gasteiger partial charge in [-0.25, -0.2) is 12.8 Å². The predicted molar refractivity (Wildman–Crippen MR) is 112 cm³/mol. The summed E-state index contributed by atoms with van der Waals surface area (Å²) < 4.78 is 46.4. The van der Waals surface area contributed by atoms with E-state index in [0.29, 0.717) is 30.8 Å². The summed E-state index contributed by atoms with van der Waals surface area (Å²) in [4.78, 5) is 14.5. The van der Waals surface area contributed by atoms with Crippen molar-refractivity contribution < 1.29 is 22.3 Å². The third-order valence-electron chi connectivity index (χ3n) is 5.32. The fraction of sp³-hybridized carbons (Fsp3) is 0.409. The molecule has 1 aliphatic rings. The molecule has 1 aliphatic heterocycles.